The Bertz CT molecular complexity index is 761. The van der Waals surface area contributed by atoms with Crippen LogP contribution in [0.15, 0.2) is 22.7 Å². The maximum atomic E-state index is 10.9. The van der Waals surface area contributed by atoms with Gasteiger partial charge in [0, 0.05) is 0 Å². The first-order valence-electron chi connectivity index (χ1n) is 5.49. The standard InChI is InChI=1S/C11H9N5O3/c1-6-12-10(19-14-6)5-16-9-3-2-7(11(17)18)4-8(9)13-15-16/h2-4H,5H2,1H3,(H,17,18). The number of carboxylic acids is 1. The summed E-state index contributed by atoms with van der Waals surface area (Å²) in [5, 5.41) is 20.5. The minimum Gasteiger partial charge on any atom is -0.478 e. The van der Waals surface area contributed by atoms with Crippen molar-refractivity contribution in [1.29, 1.82) is 0 Å². The zero-order valence-electron chi connectivity index (χ0n) is 9.94. The van der Waals surface area contributed by atoms with Gasteiger partial charge in [-0.25, -0.2) is 9.48 Å². The third kappa shape index (κ3) is 2.03. The van der Waals surface area contributed by atoms with Crippen molar-refractivity contribution in [2.24, 2.45) is 0 Å². The molecule has 0 aliphatic heterocycles. The quantitative estimate of drug-likeness (QED) is 0.743. The maximum absolute atomic E-state index is 10.9. The Hall–Kier alpha value is -2.77. The van der Waals surface area contributed by atoms with E-state index in [1.165, 1.54) is 12.1 Å². The van der Waals surface area contributed by atoms with Crippen LogP contribution in [-0.4, -0.2) is 36.2 Å². The van der Waals surface area contributed by atoms with Gasteiger partial charge in [0.25, 0.3) is 0 Å². The highest BCUT2D eigenvalue weighted by Crippen LogP contribution is 2.14. The first-order valence-corrected chi connectivity index (χ1v) is 5.49. The van der Waals surface area contributed by atoms with Crippen LogP contribution in [-0.2, 0) is 6.54 Å². The van der Waals surface area contributed by atoms with E-state index in [1.54, 1.807) is 17.7 Å². The highest BCUT2D eigenvalue weighted by molar-refractivity contribution is 5.92. The van der Waals surface area contributed by atoms with E-state index >= 15 is 0 Å². The lowest BCUT2D eigenvalue weighted by atomic mass is 10.2. The Morgan fingerprint density at radius 2 is 2.32 bits per heavy atom. The second-order valence-corrected chi connectivity index (χ2v) is 3.99. The molecule has 1 N–H and O–H groups in total. The second kappa shape index (κ2) is 4.16. The lowest BCUT2D eigenvalue weighted by Gasteiger charge is -1.98. The van der Waals surface area contributed by atoms with Crippen molar-refractivity contribution in [1.82, 2.24) is 25.1 Å². The zero-order valence-corrected chi connectivity index (χ0v) is 9.94. The van der Waals surface area contributed by atoms with E-state index < -0.39 is 5.97 Å². The van der Waals surface area contributed by atoms with Crippen LogP contribution in [0.1, 0.15) is 22.1 Å². The molecule has 2 heterocycles. The number of aryl methyl sites for hydroxylation is 1. The van der Waals surface area contributed by atoms with Gasteiger partial charge in [0.15, 0.2) is 5.82 Å². The van der Waals surface area contributed by atoms with Gasteiger partial charge in [-0.05, 0) is 25.1 Å². The van der Waals surface area contributed by atoms with Gasteiger partial charge in [-0.15, -0.1) is 5.10 Å². The van der Waals surface area contributed by atoms with Crippen LogP contribution < -0.4 is 0 Å². The second-order valence-electron chi connectivity index (χ2n) is 3.99. The van der Waals surface area contributed by atoms with Crippen molar-refractivity contribution in [3.8, 4) is 0 Å². The molecule has 0 aliphatic carbocycles. The summed E-state index contributed by atoms with van der Waals surface area (Å²) >= 11 is 0. The van der Waals surface area contributed by atoms with Crippen molar-refractivity contribution >= 4 is 17.0 Å². The van der Waals surface area contributed by atoms with E-state index in [9.17, 15) is 4.79 Å². The largest absolute Gasteiger partial charge is 0.478 e. The summed E-state index contributed by atoms with van der Waals surface area (Å²) in [6, 6.07) is 4.63. The fraction of sp³-hybridized carbons (Fsp3) is 0.182. The molecule has 0 bridgehead atoms. The molecule has 0 radical (unpaired) electrons. The molecule has 0 spiro atoms. The van der Waals surface area contributed by atoms with Gasteiger partial charge in [-0.1, -0.05) is 10.4 Å². The normalized spacial score (nSPS) is 11.0. The van der Waals surface area contributed by atoms with Crippen LogP contribution in [0, 0.1) is 6.92 Å². The Morgan fingerprint density at radius 1 is 1.47 bits per heavy atom. The van der Waals surface area contributed by atoms with Crippen LogP contribution in [0.25, 0.3) is 11.0 Å². The van der Waals surface area contributed by atoms with Gasteiger partial charge in [-0.3, -0.25) is 0 Å². The average molecular weight is 259 g/mol. The van der Waals surface area contributed by atoms with E-state index in [0.717, 1.165) is 0 Å². The number of hydrogen-bond donors (Lipinski definition) is 1. The zero-order chi connectivity index (χ0) is 13.4. The summed E-state index contributed by atoms with van der Waals surface area (Å²) in [7, 11) is 0. The Kier molecular flexibility index (Phi) is 2.48. The third-order valence-electron chi connectivity index (χ3n) is 2.62. The number of carbonyl (C=O) groups is 1. The predicted octanol–water partition coefficient (Wildman–Crippen LogP) is 0.869. The minimum absolute atomic E-state index is 0.174. The molecule has 8 heteroatoms. The predicted molar refractivity (Wildman–Crippen MR) is 62.6 cm³/mol. The van der Waals surface area contributed by atoms with Crippen LogP contribution in [0.4, 0.5) is 0 Å². The highest BCUT2D eigenvalue weighted by atomic mass is 16.5. The van der Waals surface area contributed by atoms with Gasteiger partial charge >= 0.3 is 5.97 Å². The van der Waals surface area contributed by atoms with Crippen molar-refractivity contribution in [3.63, 3.8) is 0 Å². The molecule has 0 saturated heterocycles. The first kappa shape index (κ1) is 11.3. The van der Waals surface area contributed by atoms with Gasteiger partial charge in [0.2, 0.25) is 5.89 Å². The van der Waals surface area contributed by atoms with Crippen LogP contribution in [0.3, 0.4) is 0 Å². The number of fused-ring (bicyclic) bond motifs is 1. The topological polar surface area (TPSA) is 107 Å². The first-order chi connectivity index (χ1) is 9.13. The highest BCUT2D eigenvalue weighted by Gasteiger charge is 2.11. The van der Waals surface area contributed by atoms with Crippen molar-refractivity contribution in [2.75, 3.05) is 0 Å². The summed E-state index contributed by atoms with van der Waals surface area (Å²) in [6.45, 7) is 2.02. The average Bonchev–Trinajstić information content (AvgIpc) is 2.96. The molecule has 0 fully saturated rings. The van der Waals surface area contributed by atoms with Crippen LogP contribution in [0.5, 0.6) is 0 Å². The number of rotatable bonds is 3. The lowest BCUT2D eigenvalue weighted by Crippen LogP contribution is -2.02. The fourth-order valence-electron chi connectivity index (χ4n) is 1.75. The maximum Gasteiger partial charge on any atom is 0.335 e. The van der Waals surface area contributed by atoms with E-state index in [-0.39, 0.29) is 5.56 Å². The van der Waals surface area contributed by atoms with Gasteiger partial charge in [-0.2, -0.15) is 4.98 Å². The molecule has 19 heavy (non-hydrogen) atoms. The number of aromatic nitrogens is 5. The molecule has 0 amide bonds. The molecule has 0 aliphatic rings. The summed E-state index contributed by atoms with van der Waals surface area (Å²) in [5.41, 5.74) is 1.39. The van der Waals surface area contributed by atoms with E-state index in [2.05, 4.69) is 20.5 Å². The molecule has 2 aromatic heterocycles. The Balaban J connectivity index is 1.99. The summed E-state index contributed by atoms with van der Waals surface area (Å²) in [6.07, 6.45) is 0. The third-order valence-corrected chi connectivity index (χ3v) is 2.62. The smallest absolute Gasteiger partial charge is 0.335 e. The molecule has 1 aromatic carbocycles. The van der Waals surface area contributed by atoms with Crippen molar-refractivity contribution in [3.05, 3.63) is 35.5 Å². The molecule has 8 nitrogen and oxygen atoms in total. The van der Waals surface area contributed by atoms with E-state index in [4.69, 9.17) is 9.63 Å². The molecule has 96 valence electrons. The number of carboxylic acid groups (broad SMARTS) is 1. The Morgan fingerprint density at radius 3 is 3.00 bits per heavy atom. The van der Waals surface area contributed by atoms with Crippen LogP contribution >= 0.6 is 0 Å². The monoisotopic (exact) mass is 259 g/mol. The number of benzene rings is 1. The van der Waals surface area contributed by atoms with Crippen molar-refractivity contribution < 1.29 is 14.4 Å². The fourth-order valence-corrected chi connectivity index (χ4v) is 1.75. The lowest BCUT2D eigenvalue weighted by molar-refractivity contribution is 0.0697. The molecular formula is C11H9N5O3. The molecule has 0 atom stereocenters. The van der Waals surface area contributed by atoms with Gasteiger partial charge in [0.1, 0.15) is 12.1 Å². The molecule has 0 unspecified atom stereocenters. The minimum atomic E-state index is -0.996. The SMILES string of the molecule is Cc1noc(Cn2nnc3cc(C(=O)O)ccc32)n1. The number of aromatic carboxylic acids is 1. The Labute approximate surface area is 106 Å². The van der Waals surface area contributed by atoms with Crippen molar-refractivity contribution in [2.45, 2.75) is 13.5 Å². The summed E-state index contributed by atoms with van der Waals surface area (Å²) in [4.78, 5) is 14.9. The van der Waals surface area contributed by atoms with Gasteiger partial charge < -0.3 is 9.63 Å². The number of nitrogens with zero attached hydrogens (tertiary/aromatic N) is 5. The summed E-state index contributed by atoms with van der Waals surface area (Å²) in [5.74, 6) is -0.0248. The van der Waals surface area contributed by atoms with Gasteiger partial charge in [0.05, 0.1) is 11.1 Å². The molecule has 0 saturated carbocycles. The van der Waals surface area contributed by atoms with Crippen LogP contribution in [0.2, 0.25) is 0 Å². The molecule has 3 rings (SSSR count). The number of hydrogen-bond acceptors (Lipinski definition) is 6. The molecule has 3 aromatic rings. The molecular weight excluding hydrogens is 250 g/mol. The summed E-state index contributed by atoms with van der Waals surface area (Å²) < 4.78 is 6.58. The van der Waals surface area contributed by atoms with E-state index in [0.29, 0.717) is 29.3 Å². The van der Waals surface area contributed by atoms with E-state index in [1.807, 2.05) is 0 Å².